The summed E-state index contributed by atoms with van der Waals surface area (Å²) in [6.45, 7) is 1.62. The Balaban J connectivity index is 1.77. The predicted molar refractivity (Wildman–Crippen MR) is 48.2 cm³/mol. The van der Waals surface area contributed by atoms with Gasteiger partial charge in [-0.1, -0.05) is 0 Å². The third kappa shape index (κ3) is 1.03. The van der Waals surface area contributed by atoms with Crippen molar-refractivity contribution in [2.24, 2.45) is 11.8 Å². The lowest BCUT2D eigenvalue weighted by molar-refractivity contribution is -0.153. The van der Waals surface area contributed by atoms with Crippen LogP contribution in [0.4, 0.5) is 0 Å². The molecule has 0 radical (unpaired) electrons. The smallest absolute Gasteiger partial charge is 0.169 e. The molecule has 2 unspecified atom stereocenters. The van der Waals surface area contributed by atoms with Crippen molar-refractivity contribution in [1.82, 2.24) is 0 Å². The zero-order chi connectivity index (χ0) is 8.02. The average molecular weight is 186 g/mol. The maximum Gasteiger partial charge on any atom is 0.169 e. The summed E-state index contributed by atoms with van der Waals surface area (Å²) >= 11 is 2.10. The molecule has 0 aromatic rings. The molecule has 0 amide bonds. The van der Waals surface area contributed by atoms with Crippen LogP contribution in [0.15, 0.2) is 0 Å². The minimum atomic E-state index is -0.129. The molecule has 1 spiro atoms. The second kappa shape index (κ2) is 2.63. The number of hydrogen-bond acceptors (Lipinski definition) is 3. The van der Waals surface area contributed by atoms with Gasteiger partial charge in [0.05, 0.1) is 13.2 Å². The molecule has 2 nitrogen and oxygen atoms in total. The van der Waals surface area contributed by atoms with Crippen LogP contribution in [0.5, 0.6) is 0 Å². The minimum absolute atomic E-state index is 0.129. The number of thioether (sulfide) groups is 1. The second-order valence-corrected chi connectivity index (χ2v) is 5.15. The first-order valence-corrected chi connectivity index (χ1v) is 5.89. The SMILES string of the molecule is C1COC2(CC3CSCC3C2)O1. The summed E-state index contributed by atoms with van der Waals surface area (Å²) in [5.74, 6) is 4.30. The normalized spacial score (nSPS) is 44.0. The van der Waals surface area contributed by atoms with Crippen LogP contribution < -0.4 is 0 Å². The van der Waals surface area contributed by atoms with E-state index in [1.165, 1.54) is 11.5 Å². The summed E-state index contributed by atoms with van der Waals surface area (Å²) in [5.41, 5.74) is 0. The second-order valence-electron chi connectivity index (χ2n) is 4.07. The zero-order valence-corrected chi connectivity index (χ0v) is 7.94. The lowest BCUT2D eigenvalue weighted by Crippen LogP contribution is -2.26. The standard InChI is InChI=1S/C9H14O2S/c1-2-11-9(10-1)3-7-5-12-6-8(7)4-9/h7-8H,1-6H2. The molecule has 1 aliphatic carbocycles. The Hall–Kier alpha value is 0.270. The van der Waals surface area contributed by atoms with E-state index in [1.807, 2.05) is 0 Å². The van der Waals surface area contributed by atoms with E-state index in [-0.39, 0.29) is 5.79 Å². The fraction of sp³-hybridized carbons (Fsp3) is 1.00. The van der Waals surface area contributed by atoms with Crippen molar-refractivity contribution >= 4 is 11.8 Å². The quantitative estimate of drug-likeness (QED) is 0.571. The molecule has 0 N–H and O–H groups in total. The van der Waals surface area contributed by atoms with Gasteiger partial charge in [-0.05, 0) is 23.3 Å². The van der Waals surface area contributed by atoms with Crippen molar-refractivity contribution in [2.75, 3.05) is 24.7 Å². The van der Waals surface area contributed by atoms with Gasteiger partial charge in [0.1, 0.15) is 0 Å². The van der Waals surface area contributed by atoms with Crippen LogP contribution >= 0.6 is 11.8 Å². The first-order valence-electron chi connectivity index (χ1n) is 4.74. The van der Waals surface area contributed by atoms with Crippen LogP contribution in [0.2, 0.25) is 0 Å². The Morgan fingerprint density at radius 3 is 2.17 bits per heavy atom. The van der Waals surface area contributed by atoms with Crippen molar-refractivity contribution in [3.05, 3.63) is 0 Å². The van der Waals surface area contributed by atoms with Crippen LogP contribution in [0.25, 0.3) is 0 Å². The van der Waals surface area contributed by atoms with Crippen molar-refractivity contribution in [1.29, 1.82) is 0 Å². The maximum absolute atomic E-state index is 5.71. The molecule has 68 valence electrons. The summed E-state index contributed by atoms with van der Waals surface area (Å²) in [6, 6.07) is 0. The molecule has 3 fully saturated rings. The Kier molecular flexibility index (Phi) is 1.68. The molecule has 3 rings (SSSR count). The topological polar surface area (TPSA) is 18.5 Å². The van der Waals surface area contributed by atoms with Gasteiger partial charge in [0.2, 0.25) is 0 Å². The predicted octanol–water partition coefficient (Wildman–Crippen LogP) is 1.50. The molecule has 1 saturated carbocycles. The van der Waals surface area contributed by atoms with E-state index >= 15 is 0 Å². The van der Waals surface area contributed by atoms with E-state index < -0.39 is 0 Å². The Labute approximate surface area is 77.0 Å². The molecule has 0 aromatic carbocycles. The highest BCUT2D eigenvalue weighted by Crippen LogP contribution is 2.50. The number of ether oxygens (including phenoxy) is 2. The molecular formula is C9H14O2S. The van der Waals surface area contributed by atoms with Crippen molar-refractivity contribution in [2.45, 2.75) is 18.6 Å². The molecule has 12 heavy (non-hydrogen) atoms. The van der Waals surface area contributed by atoms with E-state index in [2.05, 4.69) is 11.8 Å². The monoisotopic (exact) mass is 186 g/mol. The highest BCUT2D eigenvalue weighted by Gasteiger charge is 2.50. The van der Waals surface area contributed by atoms with Gasteiger partial charge in [-0.15, -0.1) is 0 Å². The van der Waals surface area contributed by atoms with Gasteiger partial charge in [-0.2, -0.15) is 11.8 Å². The van der Waals surface area contributed by atoms with Gasteiger partial charge in [0.25, 0.3) is 0 Å². The van der Waals surface area contributed by atoms with E-state index in [1.54, 1.807) is 0 Å². The molecule has 0 bridgehead atoms. The number of rotatable bonds is 0. The van der Waals surface area contributed by atoms with Crippen molar-refractivity contribution in [3.63, 3.8) is 0 Å². The van der Waals surface area contributed by atoms with Crippen molar-refractivity contribution < 1.29 is 9.47 Å². The lowest BCUT2D eigenvalue weighted by atomic mass is 10.0. The van der Waals surface area contributed by atoms with Gasteiger partial charge in [0, 0.05) is 12.8 Å². The Morgan fingerprint density at radius 2 is 1.58 bits per heavy atom. The molecule has 2 aliphatic heterocycles. The van der Waals surface area contributed by atoms with Crippen LogP contribution in [-0.4, -0.2) is 30.5 Å². The molecule has 2 saturated heterocycles. The third-order valence-electron chi connectivity index (χ3n) is 3.29. The number of fused-ring (bicyclic) bond motifs is 1. The van der Waals surface area contributed by atoms with E-state index in [0.29, 0.717) is 0 Å². The largest absolute Gasteiger partial charge is 0.348 e. The van der Waals surface area contributed by atoms with Crippen LogP contribution in [0.3, 0.4) is 0 Å². The zero-order valence-electron chi connectivity index (χ0n) is 7.12. The van der Waals surface area contributed by atoms with Crippen molar-refractivity contribution in [3.8, 4) is 0 Å². The van der Waals surface area contributed by atoms with Gasteiger partial charge < -0.3 is 9.47 Å². The van der Waals surface area contributed by atoms with Crippen LogP contribution in [0, 0.1) is 11.8 Å². The molecule has 3 aliphatic rings. The fourth-order valence-electron chi connectivity index (χ4n) is 2.71. The van der Waals surface area contributed by atoms with Gasteiger partial charge in [-0.25, -0.2) is 0 Å². The fourth-order valence-corrected chi connectivity index (χ4v) is 4.23. The van der Waals surface area contributed by atoms with E-state index in [0.717, 1.165) is 37.9 Å². The summed E-state index contributed by atoms with van der Waals surface area (Å²) < 4.78 is 11.4. The Morgan fingerprint density at radius 1 is 1.00 bits per heavy atom. The highest BCUT2D eigenvalue weighted by atomic mass is 32.2. The highest BCUT2D eigenvalue weighted by molar-refractivity contribution is 7.99. The Bertz CT molecular complexity index is 175. The molecule has 0 aromatic heterocycles. The van der Waals surface area contributed by atoms with Crippen LogP contribution in [0.1, 0.15) is 12.8 Å². The molecular weight excluding hydrogens is 172 g/mol. The van der Waals surface area contributed by atoms with E-state index in [4.69, 9.17) is 9.47 Å². The molecule has 2 atom stereocenters. The number of hydrogen-bond donors (Lipinski definition) is 0. The summed E-state index contributed by atoms with van der Waals surface area (Å²) in [5, 5.41) is 0. The van der Waals surface area contributed by atoms with Gasteiger partial charge in [0.15, 0.2) is 5.79 Å². The average Bonchev–Trinajstić information content (AvgIpc) is 2.66. The summed E-state index contributed by atoms with van der Waals surface area (Å²) in [7, 11) is 0. The first kappa shape index (κ1) is 7.65. The minimum Gasteiger partial charge on any atom is -0.348 e. The maximum atomic E-state index is 5.71. The van der Waals surface area contributed by atoms with Gasteiger partial charge >= 0.3 is 0 Å². The lowest BCUT2D eigenvalue weighted by Gasteiger charge is -2.22. The van der Waals surface area contributed by atoms with Gasteiger partial charge in [-0.3, -0.25) is 0 Å². The summed E-state index contributed by atoms with van der Waals surface area (Å²) in [4.78, 5) is 0. The molecule has 3 heteroatoms. The van der Waals surface area contributed by atoms with E-state index in [9.17, 15) is 0 Å². The third-order valence-corrected chi connectivity index (χ3v) is 4.62. The summed E-state index contributed by atoms with van der Waals surface area (Å²) in [6.07, 6.45) is 2.31. The first-order chi connectivity index (χ1) is 5.88. The molecule has 2 heterocycles. The van der Waals surface area contributed by atoms with Crippen LogP contribution in [-0.2, 0) is 9.47 Å².